The lowest BCUT2D eigenvalue weighted by atomic mass is 9.96. The number of amides is 2. The molecule has 3 rings (SSSR count). The highest BCUT2D eigenvalue weighted by Crippen LogP contribution is 2.21. The molecule has 1 aliphatic rings. The summed E-state index contributed by atoms with van der Waals surface area (Å²) in [5.74, 6) is 0.00872. The van der Waals surface area contributed by atoms with Gasteiger partial charge in [-0.15, -0.1) is 0 Å². The number of carbonyl (C=O) groups excluding carboxylic acids is 2. The average molecular weight is 421 g/mol. The minimum Gasteiger partial charge on any atom is -0.369 e. The highest BCUT2D eigenvalue weighted by atomic mass is 35.5. The lowest BCUT2D eigenvalue weighted by Crippen LogP contribution is -2.42. The Hall–Kier alpha value is -2.32. The number of hydrogen-bond acceptors (Lipinski definition) is 5. The van der Waals surface area contributed by atoms with Crippen molar-refractivity contribution < 1.29 is 9.59 Å². The van der Waals surface area contributed by atoms with Gasteiger partial charge in [-0.3, -0.25) is 14.4 Å². The molecule has 148 valence electrons. The standard InChI is InChI=1S/C19H21ClN4O3S/c20-14-3-1-2-12(8-14)11-28-19-22-15(9-16(25)23-19)10-17(26)24-6-4-13(5-7-24)18(21)27/h1-3,8-9,13H,4-7,10-11H2,(H2,21,27)(H,22,23,25). The van der Waals surface area contributed by atoms with E-state index < -0.39 is 0 Å². The van der Waals surface area contributed by atoms with Crippen LogP contribution in [-0.2, 0) is 21.8 Å². The zero-order chi connectivity index (χ0) is 20.1. The topological polar surface area (TPSA) is 109 Å². The van der Waals surface area contributed by atoms with Crippen LogP contribution in [0.2, 0.25) is 5.02 Å². The lowest BCUT2D eigenvalue weighted by molar-refractivity contribution is -0.134. The number of H-pyrrole nitrogens is 1. The Labute approximate surface area is 171 Å². The SMILES string of the molecule is NC(=O)C1CCN(C(=O)Cc2cc(=O)[nH]c(SCc3cccc(Cl)c3)n2)CC1. The fourth-order valence-corrected chi connectivity index (χ4v) is 4.15. The first kappa shape index (κ1) is 20.4. The van der Waals surface area contributed by atoms with Gasteiger partial charge in [-0.05, 0) is 30.5 Å². The number of thioether (sulfide) groups is 1. The number of likely N-dealkylation sites (tertiary alicyclic amines) is 1. The average Bonchev–Trinajstić information content (AvgIpc) is 2.66. The van der Waals surface area contributed by atoms with Gasteiger partial charge >= 0.3 is 0 Å². The molecule has 3 N–H and O–H groups in total. The van der Waals surface area contributed by atoms with Gasteiger partial charge in [0.2, 0.25) is 11.8 Å². The molecule has 28 heavy (non-hydrogen) atoms. The van der Waals surface area contributed by atoms with Crippen molar-refractivity contribution in [3.05, 3.63) is 57.0 Å². The predicted molar refractivity (Wildman–Crippen MR) is 108 cm³/mol. The van der Waals surface area contributed by atoms with Gasteiger partial charge in [-0.2, -0.15) is 0 Å². The van der Waals surface area contributed by atoms with Crippen LogP contribution in [0.25, 0.3) is 0 Å². The Kier molecular flexibility index (Phi) is 6.74. The normalized spacial score (nSPS) is 14.8. The Morgan fingerprint density at radius 2 is 2.04 bits per heavy atom. The van der Waals surface area contributed by atoms with Crippen LogP contribution in [0.3, 0.4) is 0 Å². The minimum absolute atomic E-state index is 0.0515. The summed E-state index contributed by atoms with van der Waals surface area (Å²) in [5.41, 5.74) is 6.47. The highest BCUT2D eigenvalue weighted by Gasteiger charge is 2.26. The molecule has 0 unspecified atom stereocenters. The summed E-state index contributed by atoms with van der Waals surface area (Å²) in [6.07, 6.45) is 1.20. The quantitative estimate of drug-likeness (QED) is 0.548. The van der Waals surface area contributed by atoms with Crippen molar-refractivity contribution in [2.75, 3.05) is 13.1 Å². The van der Waals surface area contributed by atoms with E-state index >= 15 is 0 Å². The van der Waals surface area contributed by atoms with Crippen LogP contribution in [0.5, 0.6) is 0 Å². The smallest absolute Gasteiger partial charge is 0.251 e. The van der Waals surface area contributed by atoms with Gasteiger partial charge < -0.3 is 15.6 Å². The highest BCUT2D eigenvalue weighted by molar-refractivity contribution is 7.98. The maximum Gasteiger partial charge on any atom is 0.251 e. The Balaban J connectivity index is 1.61. The number of nitrogens with one attached hydrogen (secondary N) is 1. The largest absolute Gasteiger partial charge is 0.369 e. The van der Waals surface area contributed by atoms with Gasteiger partial charge in [0, 0.05) is 35.8 Å². The number of aromatic amines is 1. The fourth-order valence-electron chi connectivity index (χ4n) is 3.10. The maximum absolute atomic E-state index is 12.5. The summed E-state index contributed by atoms with van der Waals surface area (Å²) in [6, 6.07) is 8.81. The van der Waals surface area contributed by atoms with Crippen molar-refractivity contribution in [2.45, 2.75) is 30.2 Å². The van der Waals surface area contributed by atoms with E-state index in [1.54, 1.807) is 11.0 Å². The molecule has 2 heterocycles. The molecular weight excluding hydrogens is 400 g/mol. The number of piperidine rings is 1. The van der Waals surface area contributed by atoms with Gasteiger partial charge in [0.05, 0.1) is 12.1 Å². The van der Waals surface area contributed by atoms with E-state index in [1.807, 2.05) is 18.2 Å². The molecule has 2 aromatic rings. The number of carbonyl (C=O) groups is 2. The van der Waals surface area contributed by atoms with Crippen LogP contribution in [0.1, 0.15) is 24.1 Å². The van der Waals surface area contributed by atoms with Crippen molar-refractivity contribution in [3.8, 4) is 0 Å². The Morgan fingerprint density at radius 3 is 2.71 bits per heavy atom. The van der Waals surface area contributed by atoms with E-state index in [4.69, 9.17) is 17.3 Å². The van der Waals surface area contributed by atoms with Crippen molar-refractivity contribution in [3.63, 3.8) is 0 Å². The summed E-state index contributed by atoms with van der Waals surface area (Å²) >= 11 is 7.36. The molecule has 9 heteroatoms. The molecule has 0 radical (unpaired) electrons. The zero-order valence-corrected chi connectivity index (χ0v) is 16.8. The minimum atomic E-state index is -0.315. The van der Waals surface area contributed by atoms with Crippen molar-refractivity contribution >= 4 is 35.2 Å². The molecule has 1 aliphatic heterocycles. The molecule has 1 aromatic carbocycles. The van der Waals surface area contributed by atoms with Gasteiger partial charge in [-0.25, -0.2) is 4.98 Å². The van der Waals surface area contributed by atoms with Crippen LogP contribution in [0.15, 0.2) is 40.3 Å². The van der Waals surface area contributed by atoms with Gasteiger partial charge in [0.25, 0.3) is 5.56 Å². The number of nitrogens with two attached hydrogens (primary N) is 1. The second kappa shape index (κ2) is 9.25. The lowest BCUT2D eigenvalue weighted by Gasteiger charge is -2.30. The summed E-state index contributed by atoms with van der Waals surface area (Å²) < 4.78 is 0. The zero-order valence-electron chi connectivity index (χ0n) is 15.2. The van der Waals surface area contributed by atoms with E-state index in [0.717, 1.165) is 5.56 Å². The van der Waals surface area contributed by atoms with E-state index in [9.17, 15) is 14.4 Å². The van der Waals surface area contributed by atoms with Crippen LogP contribution in [-0.4, -0.2) is 39.8 Å². The van der Waals surface area contributed by atoms with E-state index in [2.05, 4.69) is 9.97 Å². The molecule has 0 spiro atoms. The molecule has 1 saturated heterocycles. The Morgan fingerprint density at radius 1 is 1.29 bits per heavy atom. The molecule has 0 aliphatic carbocycles. The van der Waals surface area contributed by atoms with Crippen molar-refractivity contribution in [1.82, 2.24) is 14.9 Å². The van der Waals surface area contributed by atoms with Gasteiger partial charge in [0.15, 0.2) is 5.16 Å². The third-order valence-corrected chi connectivity index (χ3v) is 5.80. The van der Waals surface area contributed by atoms with E-state index in [-0.39, 0.29) is 29.7 Å². The summed E-state index contributed by atoms with van der Waals surface area (Å²) in [4.78, 5) is 44.5. The summed E-state index contributed by atoms with van der Waals surface area (Å²) in [5, 5.41) is 1.11. The number of halogens is 1. The van der Waals surface area contributed by atoms with Crippen LogP contribution >= 0.6 is 23.4 Å². The molecular formula is C19H21ClN4O3S. The molecule has 0 bridgehead atoms. The van der Waals surface area contributed by atoms with Gasteiger partial charge in [-0.1, -0.05) is 35.5 Å². The summed E-state index contributed by atoms with van der Waals surface area (Å²) in [6.45, 7) is 0.984. The monoisotopic (exact) mass is 420 g/mol. The molecule has 0 atom stereocenters. The fraction of sp³-hybridized carbons (Fsp3) is 0.368. The maximum atomic E-state index is 12.5. The van der Waals surface area contributed by atoms with Crippen LogP contribution in [0, 0.1) is 5.92 Å². The first-order chi connectivity index (χ1) is 13.4. The third kappa shape index (κ3) is 5.59. The van der Waals surface area contributed by atoms with E-state index in [0.29, 0.717) is 47.6 Å². The van der Waals surface area contributed by atoms with Crippen molar-refractivity contribution in [1.29, 1.82) is 0 Å². The second-order valence-corrected chi connectivity index (χ2v) is 8.10. The van der Waals surface area contributed by atoms with Crippen LogP contribution < -0.4 is 11.3 Å². The Bertz CT molecular complexity index is 925. The first-order valence-electron chi connectivity index (χ1n) is 8.95. The second-order valence-electron chi connectivity index (χ2n) is 6.69. The predicted octanol–water partition coefficient (Wildman–Crippen LogP) is 1.98. The number of rotatable bonds is 6. The number of aromatic nitrogens is 2. The number of benzene rings is 1. The third-order valence-electron chi connectivity index (χ3n) is 4.62. The number of hydrogen-bond donors (Lipinski definition) is 2. The number of primary amides is 1. The number of nitrogens with zero attached hydrogens (tertiary/aromatic N) is 2. The van der Waals surface area contributed by atoms with Gasteiger partial charge in [0.1, 0.15) is 0 Å². The summed E-state index contributed by atoms with van der Waals surface area (Å²) in [7, 11) is 0. The molecule has 1 aromatic heterocycles. The first-order valence-corrected chi connectivity index (χ1v) is 10.3. The molecule has 0 saturated carbocycles. The molecule has 2 amide bonds. The van der Waals surface area contributed by atoms with Crippen molar-refractivity contribution in [2.24, 2.45) is 11.7 Å². The molecule has 1 fully saturated rings. The van der Waals surface area contributed by atoms with Crippen LogP contribution in [0.4, 0.5) is 0 Å². The van der Waals surface area contributed by atoms with E-state index in [1.165, 1.54) is 17.8 Å². The molecule has 7 nitrogen and oxygen atoms in total.